The van der Waals surface area contributed by atoms with Crippen LogP contribution in [0.4, 0.5) is 10.5 Å². The molecule has 7 nitrogen and oxygen atoms in total. The highest BCUT2D eigenvalue weighted by Gasteiger charge is 2.23. The third-order valence-electron chi connectivity index (χ3n) is 6.14. The van der Waals surface area contributed by atoms with E-state index >= 15 is 0 Å². The minimum atomic E-state index is -0.269. The van der Waals surface area contributed by atoms with Gasteiger partial charge in [-0.1, -0.05) is 48.5 Å². The number of benzene rings is 2. The van der Waals surface area contributed by atoms with Crippen LogP contribution in [0.3, 0.4) is 0 Å². The van der Waals surface area contributed by atoms with Crippen LogP contribution in [0.25, 0.3) is 0 Å². The predicted octanol–water partition coefficient (Wildman–Crippen LogP) is 4.45. The van der Waals surface area contributed by atoms with Crippen molar-refractivity contribution in [3.63, 3.8) is 0 Å². The van der Waals surface area contributed by atoms with E-state index in [2.05, 4.69) is 29.3 Å². The number of nitrogens with zero attached hydrogens (tertiary/aromatic N) is 3. The van der Waals surface area contributed by atoms with Gasteiger partial charge in [0.25, 0.3) is 0 Å². The van der Waals surface area contributed by atoms with Crippen molar-refractivity contribution < 1.29 is 14.3 Å². The standard InChI is InChI=1S/C28H34N4O3S/c1-23-12-13-26(36-23)21-32(20-24-8-4-2-5-9-24)27(33)22-31(15-14-30-16-18-35-19-17-30)28(34)29-25-10-6-3-7-11-25/h2-13H,14-22H2,1H3,(H,29,34). The fourth-order valence-electron chi connectivity index (χ4n) is 4.12. The van der Waals surface area contributed by atoms with E-state index in [0.717, 1.165) is 23.5 Å². The fourth-order valence-corrected chi connectivity index (χ4v) is 5.03. The molecule has 8 heteroatoms. The topological polar surface area (TPSA) is 65.1 Å². The SMILES string of the molecule is Cc1ccc(CN(Cc2ccccc2)C(=O)CN(CCN2CCOCC2)C(=O)Nc2ccccc2)s1. The van der Waals surface area contributed by atoms with Gasteiger partial charge in [0.2, 0.25) is 5.91 Å². The summed E-state index contributed by atoms with van der Waals surface area (Å²) in [5.41, 5.74) is 1.77. The molecule has 0 bridgehead atoms. The minimum absolute atomic E-state index is 0.0141. The number of aryl methyl sites for hydroxylation is 1. The molecule has 1 aliphatic rings. The molecule has 1 aromatic heterocycles. The number of rotatable bonds is 10. The Morgan fingerprint density at radius 2 is 1.61 bits per heavy atom. The van der Waals surface area contributed by atoms with Gasteiger partial charge >= 0.3 is 6.03 Å². The second kappa shape index (κ2) is 13.2. The van der Waals surface area contributed by atoms with Crippen LogP contribution in [-0.4, -0.2) is 72.6 Å². The summed E-state index contributed by atoms with van der Waals surface area (Å²) in [5, 5.41) is 2.95. The Hall–Kier alpha value is -3.20. The van der Waals surface area contributed by atoms with E-state index < -0.39 is 0 Å². The average molecular weight is 507 g/mol. The highest BCUT2D eigenvalue weighted by atomic mass is 32.1. The molecule has 0 unspecified atom stereocenters. The number of carbonyl (C=O) groups is 2. The Labute approximate surface area is 217 Å². The van der Waals surface area contributed by atoms with Gasteiger partial charge < -0.3 is 19.9 Å². The van der Waals surface area contributed by atoms with Crippen LogP contribution in [0.1, 0.15) is 15.3 Å². The predicted molar refractivity (Wildman–Crippen MR) is 144 cm³/mol. The van der Waals surface area contributed by atoms with Crippen molar-refractivity contribution in [2.45, 2.75) is 20.0 Å². The van der Waals surface area contributed by atoms with Crippen molar-refractivity contribution in [2.75, 3.05) is 51.3 Å². The summed E-state index contributed by atoms with van der Waals surface area (Å²) in [7, 11) is 0. The number of anilines is 1. The molecule has 3 aromatic rings. The maximum Gasteiger partial charge on any atom is 0.322 e. The third-order valence-corrected chi connectivity index (χ3v) is 7.13. The number of carbonyl (C=O) groups excluding carboxylic acids is 2. The van der Waals surface area contributed by atoms with Gasteiger partial charge in [0.05, 0.1) is 19.8 Å². The van der Waals surface area contributed by atoms with Crippen LogP contribution in [-0.2, 0) is 22.6 Å². The van der Waals surface area contributed by atoms with Gasteiger partial charge in [-0.25, -0.2) is 4.79 Å². The maximum absolute atomic E-state index is 13.7. The lowest BCUT2D eigenvalue weighted by atomic mass is 10.2. The number of morpholine rings is 1. The van der Waals surface area contributed by atoms with Gasteiger partial charge in [-0.2, -0.15) is 0 Å². The zero-order valence-electron chi connectivity index (χ0n) is 20.8. The molecule has 4 rings (SSSR count). The second-order valence-corrected chi connectivity index (χ2v) is 10.3. The first kappa shape index (κ1) is 25.9. The number of urea groups is 1. The Kier molecular flexibility index (Phi) is 9.49. The van der Waals surface area contributed by atoms with Gasteiger partial charge in [-0.3, -0.25) is 9.69 Å². The molecule has 2 heterocycles. The number of ether oxygens (including phenoxy) is 1. The monoisotopic (exact) mass is 506 g/mol. The van der Waals surface area contributed by atoms with Crippen LogP contribution >= 0.6 is 11.3 Å². The lowest BCUT2D eigenvalue weighted by Crippen LogP contribution is -2.48. The van der Waals surface area contributed by atoms with Crippen molar-refractivity contribution in [3.8, 4) is 0 Å². The Morgan fingerprint density at radius 1 is 0.917 bits per heavy atom. The summed E-state index contributed by atoms with van der Waals surface area (Å²) in [4.78, 5) is 35.0. The smallest absolute Gasteiger partial charge is 0.322 e. The summed E-state index contributed by atoms with van der Waals surface area (Å²) < 4.78 is 5.45. The number of nitrogens with one attached hydrogen (secondary N) is 1. The molecule has 0 radical (unpaired) electrons. The fraction of sp³-hybridized carbons (Fsp3) is 0.357. The number of thiophene rings is 1. The molecule has 0 atom stereocenters. The van der Waals surface area contributed by atoms with E-state index in [4.69, 9.17) is 4.74 Å². The molecular weight excluding hydrogens is 472 g/mol. The molecule has 1 N–H and O–H groups in total. The highest BCUT2D eigenvalue weighted by molar-refractivity contribution is 7.11. The molecule has 0 spiro atoms. The van der Waals surface area contributed by atoms with Crippen LogP contribution in [0.2, 0.25) is 0 Å². The molecule has 0 aliphatic carbocycles. The number of amides is 3. The molecule has 1 saturated heterocycles. The van der Waals surface area contributed by atoms with Crippen LogP contribution in [0.15, 0.2) is 72.8 Å². The van der Waals surface area contributed by atoms with Crippen molar-refractivity contribution in [3.05, 3.63) is 88.1 Å². The van der Waals surface area contributed by atoms with Gasteiger partial charge in [0.15, 0.2) is 0 Å². The summed E-state index contributed by atoms with van der Waals surface area (Å²) in [5.74, 6) is -0.0740. The van der Waals surface area contributed by atoms with E-state index in [1.54, 1.807) is 16.2 Å². The summed E-state index contributed by atoms with van der Waals surface area (Å²) in [6.45, 7) is 7.31. The molecule has 3 amide bonds. The summed E-state index contributed by atoms with van der Waals surface area (Å²) >= 11 is 1.69. The molecule has 36 heavy (non-hydrogen) atoms. The molecule has 1 aliphatic heterocycles. The number of hydrogen-bond donors (Lipinski definition) is 1. The highest BCUT2D eigenvalue weighted by Crippen LogP contribution is 2.19. The number of para-hydroxylation sites is 1. The zero-order valence-corrected chi connectivity index (χ0v) is 21.6. The minimum Gasteiger partial charge on any atom is -0.379 e. The largest absolute Gasteiger partial charge is 0.379 e. The quantitative estimate of drug-likeness (QED) is 0.441. The maximum atomic E-state index is 13.7. The summed E-state index contributed by atoms with van der Waals surface area (Å²) in [6.07, 6.45) is 0. The van der Waals surface area contributed by atoms with Crippen LogP contribution in [0, 0.1) is 6.92 Å². The van der Waals surface area contributed by atoms with Crippen molar-refractivity contribution in [1.82, 2.24) is 14.7 Å². The normalized spacial score (nSPS) is 13.8. The molecule has 2 aromatic carbocycles. The van der Waals surface area contributed by atoms with E-state index in [1.807, 2.05) is 65.6 Å². The molecular formula is C28H34N4O3S. The lowest BCUT2D eigenvalue weighted by molar-refractivity contribution is -0.133. The molecule has 1 fully saturated rings. The summed E-state index contributed by atoms with van der Waals surface area (Å²) in [6, 6.07) is 23.2. The van der Waals surface area contributed by atoms with E-state index in [-0.39, 0.29) is 18.5 Å². The van der Waals surface area contributed by atoms with Crippen molar-refractivity contribution >= 4 is 29.0 Å². The van der Waals surface area contributed by atoms with E-state index in [0.29, 0.717) is 45.1 Å². The van der Waals surface area contributed by atoms with E-state index in [1.165, 1.54) is 4.88 Å². The van der Waals surface area contributed by atoms with Gasteiger partial charge in [-0.05, 0) is 36.8 Å². The van der Waals surface area contributed by atoms with E-state index in [9.17, 15) is 9.59 Å². The van der Waals surface area contributed by atoms with Crippen molar-refractivity contribution in [2.24, 2.45) is 0 Å². The lowest BCUT2D eigenvalue weighted by Gasteiger charge is -2.31. The van der Waals surface area contributed by atoms with Gasteiger partial charge in [-0.15, -0.1) is 11.3 Å². The third kappa shape index (κ3) is 7.91. The number of hydrogen-bond acceptors (Lipinski definition) is 5. The van der Waals surface area contributed by atoms with Crippen LogP contribution < -0.4 is 5.32 Å². The first-order valence-corrected chi connectivity index (χ1v) is 13.2. The Bertz CT molecular complexity index is 1100. The Morgan fingerprint density at radius 3 is 2.28 bits per heavy atom. The van der Waals surface area contributed by atoms with Gasteiger partial charge in [0.1, 0.15) is 6.54 Å². The Balaban J connectivity index is 1.48. The van der Waals surface area contributed by atoms with Crippen molar-refractivity contribution in [1.29, 1.82) is 0 Å². The second-order valence-electron chi connectivity index (χ2n) is 8.92. The van der Waals surface area contributed by atoms with Crippen LogP contribution in [0.5, 0.6) is 0 Å². The van der Waals surface area contributed by atoms with Gasteiger partial charge in [0, 0.05) is 48.2 Å². The first-order valence-electron chi connectivity index (χ1n) is 12.3. The zero-order chi connectivity index (χ0) is 25.2. The average Bonchev–Trinajstić information content (AvgIpc) is 3.32. The first-order chi connectivity index (χ1) is 17.6. The molecule has 190 valence electrons. The molecule has 0 saturated carbocycles.